The molecule has 2 aromatic carbocycles. The Bertz CT molecular complexity index is 763. The lowest BCUT2D eigenvalue weighted by Crippen LogP contribution is -2.08. The molecule has 0 spiro atoms. The van der Waals surface area contributed by atoms with Crippen molar-refractivity contribution in [3.05, 3.63) is 64.1 Å². The first kappa shape index (κ1) is 15.8. The predicted molar refractivity (Wildman–Crippen MR) is 89.5 cm³/mol. The van der Waals surface area contributed by atoms with Crippen molar-refractivity contribution >= 4 is 33.6 Å². The predicted octanol–water partition coefficient (Wildman–Crippen LogP) is 3.98. The molecule has 1 N–H and O–H groups in total. The number of carbonyl (C=O) groups is 1. The average Bonchev–Trinajstić information content (AvgIpc) is 2.53. The van der Waals surface area contributed by atoms with Gasteiger partial charge in [-0.2, -0.15) is 5.26 Å². The molecule has 4 nitrogen and oxygen atoms in total. The first-order valence-corrected chi connectivity index (χ1v) is 7.25. The average molecular weight is 357 g/mol. The topological polar surface area (TPSA) is 62.1 Å². The van der Waals surface area contributed by atoms with Crippen LogP contribution in [0.1, 0.15) is 11.1 Å². The Morgan fingerprint density at radius 3 is 2.82 bits per heavy atom. The van der Waals surface area contributed by atoms with Crippen LogP contribution >= 0.6 is 15.9 Å². The largest absolute Gasteiger partial charge is 0.496 e. The molecule has 0 aromatic heterocycles. The fourth-order valence-corrected chi connectivity index (χ4v) is 2.24. The third-order valence-corrected chi connectivity index (χ3v) is 3.40. The Balaban J connectivity index is 2.16. The molecule has 22 heavy (non-hydrogen) atoms. The first-order chi connectivity index (χ1) is 10.6. The number of anilines is 1. The number of nitriles is 1. The fraction of sp³-hybridized carbons (Fsp3) is 0.0588. The van der Waals surface area contributed by atoms with Gasteiger partial charge in [-0.1, -0.05) is 28.1 Å². The van der Waals surface area contributed by atoms with Gasteiger partial charge in [0.15, 0.2) is 0 Å². The zero-order valence-electron chi connectivity index (χ0n) is 11.8. The maximum atomic E-state index is 12.0. The molecular formula is C17H13BrN2O2. The van der Waals surface area contributed by atoms with Crippen molar-refractivity contribution in [3.8, 4) is 11.8 Å². The maximum absolute atomic E-state index is 12.0. The van der Waals surface area contributed by atoms with Crippen molar-refractivity contribution < 1.29 is 9.53 Å². The summed E-state index contributed by atoms with van der Waals surface area (Å²) in [7, 11) is 1.57. The van der Waals surface area contributed by atoms with Gasteiger partial charge < -0.3 is 10.1 Å². The molecule has 0 unspecified atom stereocenters. The summed E-state index contributed by atoms with van der Waals surface area (Å²) in [5, 5.41) is 11.7. The first-order valence-electron chi connectivity index (χ1n) is 6.46. The number of methoxy groups -OCH3 is 1. The molecule has 0 aliphatic rings. The summed E-state index contributed by atoms with van der Waals surface area (Å²) in [4.78, 5) is 12.0. The van der Waals surface area contributed by atoms with Crippen molar-refractivity contribution in [2.45, 2.75) is 0 Å². The molecule has 110 valence electrons. The van der Waals surface area contributed by atoms with Crippen molar-refractivity contribution in [1.29, 1.82) is 5.26 Å². The van der Waals surface area contributed by atoms with E-state index in [4.69, 9.17) is 10.00 Å². The number of benzene rings is 2. The summed E-state index contributed by atoms with van der Waals surface area (Å²) >= 11 is 3.38. The maximum Gasteiger partial charge on any atom is 0.248 e. The molecule has 2 aromatic rings. The van der Waals surface area contributed by atoms with E-state index in [1.807, 2.05) is 24.3 Å². The zero-order valence-corrected chi connectivity index (χ0v) is 13.4. The number of amides is 1. The minimum absolute atomic E-state index is 0.315. The second kappa shape index (κ2) is 7.43. The highest BCUT2D eigenvalue weighted by molar-refractivity contribution is 9.10. The Morgan fingerprint density at radius 2 is 2.09 bits per heavy atom. The molecule has 0 radical (unpaired) electrons. The van der Waals surface area contributed by atoms with E-state index in [9.17, 15) is 4.79 Å². The molecule has 0 saturated heterocycles. The Morgan fingerprint density at radius 1 is 1.32 bits per heavy atom. The monoisotopic (exact) mass is 356 g/mol. The molecule has 1 amide bonds. The van der Waals surface area contributed by atoms with Gasteiger partial charge in [0, 0.05) is 16.1 Å². The van der Waals surface area contributed by atoms with Gasteiger partial charge in [0.2, 0.25) is 5.91 Å². The van der Waals surface area contributed by atoms with Crippen molar-refractivity contribution in [2.24, 2.45) is 0 Å². The van der Waals surface area contributed by atoms with E-state index >= 15 is 0 Å². The number of hydrogen-bond donors (Lipinski definition) is 1. The highest BCUT2D eigenvalue weighted by Crippen LogP contribution is 2.24. The van der Waals surface area contributed by atoms with Crippen LogP contribution in [0.3, 0.4) is 0 Å². The lowest BCUT2D eigenvalue weighted by atomic mass is 10.1. The van der Waals surface area contributed by atoms with E-state index in [1.165, 1.54) is 6.08 Å². The fourth-order valence-electron chi connectivity index (χ4n) is 1.86. The normalized spacial score (nSPS) is 10.2. The summed E-state index contributed by atoms with van der Waals surface area (Å²) in [5.74, 6) is 0.356. The quantitative estimate of drug-likeness (QED) is 0.842. The van der Waals surface area contributed by atoms with Crippen molar-refractivity contribution in [3.63, 3.8) is 0 Å². The second-order valence-corrected chi connectivity index (χ2v) is 5.28. The summed E-state index contributed by atoms with van der Waals surface area (Å²) < 4.78 is 6.13. The molecule has 2 rings (SSSR count). The highest BCUT2D eigenvalue weighted by atomic mass is 79.9. The van der Waals surface area contributed by atoms with Crippen molar-refractivity contribution in [1.82, 2.24) is 0 Å². The van der Waals surface area contributed by atoms with E-state index in [-0.39, 0.29) is 5.91 Å². The minimum Gasteiger partial charge on any atom is -0.496 e. The Kier molecular flexibility index (Phi) is 5.34. The summed E-state index contributed by atoms with van der Waals surface area (Å²) in [5.41, 5.74) is 1.69. The third-order valence-electron chi connectivity index (χ3n) is 2.91. The third kappa shape index (κ3) is 3.96. The standard InChI is InChI=1S/C17H13BrN2O2/c1-22-16-8-7-14(18)10-12(16)6-9-17(21)20-15-5-3-2-4-13(15)11-19/h2-10H,1H3,(H,20,21)/b9-6+. The van der Waals surface area contributed by atoms with Gasteiger partial charge in [-0.25, -0.2) is 0 Å². The molecule has 0 heterocycles. The van der Waals surface area contributed by atoms with Crippen LogP contribution in [0.2, 0.25) is 0 Å². The number of halogens is 1. The molecule has 0 aliphatic heterocycles. The lowest BCUT2D eigenvalue weighted by Gasteiger charge is -2.06. The lowest BCUT2D eigenvalue weighted by molar-refractivity contribution is -0.111. The number of nitrogens with one attached hydrogen (secondary N) is 1. The summed E-state index contributed by atoms with van der Waals surface area (Å²) in [6.45, 7) is 0. The van der Waals surface area contributed by atoms with Gasteiger partial charge in [0.1, 0.15) is 11.8 Å². The van der Waals surface area contributed by atoms with E-state index in [2.05, 4.69) is 21.2 Å². The SMILES string of the molecule is COc1ccc(Br)cc1/C=C/C(=O)Nc1ccccc1C#N. The summed E-state index contributed by atoms with van der Waals surface area (Å²) in [6.07, 6.45) is 3.06. The van der Waals surface area contributed by atoms with Crippen LogP contribution in [-0.4, -0.2) is 13.0 Å². The number of hydrogen-bond acceptors (Lipinski definition) is 3. The van der Waals surface area contributed by atoms with Crippen LogP contribution in [0.5, 0.6) is 5.75 Å². The van der Waals surface area contributed by atoms with E-state index in [0.29, 0.717) is 17.0 Å². The van der Waals surface area contributed by atoms with Crippen LogP contribution in [0.4, 0.5) is 5.69 Å². The van der Waals surface area contributed by atoms with E-state index < -0.39 is 0 Å². The number of rotatable bonds is 4. The van der Waals surface area contributed by atoms with E-state index in [1.54, 1.807) is 37.5 Å². The van der Waals surface area contributed by atoms with Gasteiger partial charge in [-0.3, -0.25) is 4.79 Å². The van der Waals surface area contributed by atoms with E-state index in [0.717, 1.165) is 10.0 Å². The van der Waals surface area contributed by atoms with Gasteiger partial charge in [-0.05, 0) is 36.4 Å². The highest BCUT2D eigenvalue weighted by Gasteiger charge is 2.04. The number of carbonyl (C=O) groups excluding carboxylic acids is 1. The van der Waals surface area contributed by atoms with Crippen molar-refractivity contribution in [2.75, 3.05) is 12.4 Å². The van der Waals surface area contributed by atoms with Crippen LogP contribution < -0.4 is 10.1 Å². The smallest absolute Gasteiger partial charge is 0.248 e. The van der Waals surface area contributed by atoms with Crippen LogP contribution in [0.25, 0.3) is 6.08 Å². The molecule has 0 fully saturated rings. The van der Waals surface area contributed by atoms with Gasteiger partial charge in [0.25, 0.3) is 0 Å². The van der Waals surface area contributed by atoms with Crippen LogP contribution in [0.15, 0.2) is 53.0 Å². The van der Waals surface area contributed by atoms with Gasteiger partial charge >= 0.3 is 0 Å². The number of para-hydroxylation sites is 1. The second-order valence-electron chi connectivity index (χ2n) is 4.37. The Hall–Kier alpha value is -2.58. The van der Waals surface area contributed by atoms with Crippen LogP contribution in [-0.2, 0) is 4.79 Å². The minimum atomic E-state index is -0.315. The molecule has 5 heteroatoms. The van der Waals surface area contributed by atoms with Gasteiger partial charge in [0.05, 0.1) is 18.4 Å². The molecular weight excluding hydrogens is 344 g/mol. The number of ether oxygens (including phenoxy) is 1. The Labute approximate surface area is 137 Å². The van der Waals surface area contributed by atoms with Crippen LogP contribution in [0, 0.1) is 11.3 Å². The zero-order chi connectivity index (χ0) is 15.9. The molecule has 0 bridgehead atoms. The number of nitrogens with zero attached hydrogens (tertiary/aromatic N) is 1. The summed E-state index contributed by atoms with van der Waals surface area (Å²) in [6, 6.07) is 14.4. The van der Waals surface area contributed by atoms with Gasteiger partial charge in [-0.15, -0.1) is 0 Å². The molecule has 0 atom stereocenters. The molecule has 0 saturated carbocycles. The molecule has 0 aliphatic carbocycles.